The summed E-state index contributed by atoms with van der Waals surface area (Å²) in [4.78, 5) is 24.4. The van der Waals surface area contributed by atoms with Crippen molar-refractivity contribution >= 4 is 40.5 Å². The van der Waals surface area contributed by atoms with Crippen LogP contribution in [0.5, 0.6) is 0 Å². The molecule has 0 radical (unpaired) electrons. The number of aromatic carboxylic acids is 1. The van der Waals surface area contributed by atoms with Crippen molar-refractivity contribution in [1.29, 1.82) is 0 Å². The number of amides is 1. The minimum absolute atomic E-state index is 0.0671. The van der Waals surface area contributed by atoms with E-state index in [9.17, 15) is 19.1 Å². The Hall–Kier alpha value is -2.70. The fourth-order valence-electron chi connectivity index (χ4n) is 2.60. The molecule has 1 atom stereocenters. The van der Waals surface area contributed by atoms with E-state index >= 15 is 0 Å². The molecule has 2 N–H and O–H groups in total. The molecule has 3 rings (SSSR count). The third-order valence-electron chi connectivity index (χ3n) is 3.91. The molecule has 0 spiro atoms. The molecular weight excluding hydrogens is 389 g/mol. The summed E-state index contributed by atoms with van der Waals surface area (Å²) in [7, 11) is 0. The van der Waals surface area contributed by atoms with Crippen LogP contribution in [0.25, 0.3) is 10.4 Å². The van der Waals surface area contributed by atoms with Crippen LogP contribution in [-0.4, -0.2) is 23.2 Å². The first-order chi connectivity index (χ1) is 13.0. The summed E-state index contributed by atoms with van der Waals surface area (Å²) in [6.45, 7) is 0. The van der Waals surface area contributed by atoms with Crippen molar-refractivity contribution in [3.05, 3.63) is 76.1 Å². The van der Waals surface area contributed by atoms with Gasteiger partial charge in [0.05, 0.1) is 10.6 Å². The number of hydrogen-bond acceptors (Lipinski definition) is 3. The number of carboxylic acids is 1. The number of carboxylic acid groups (broad SMARTS) is 1. The maximum absolute atomic E-state index is 14.3. The van der Waals surface area contributed by atoms with Gasteiger partial charge in [0.25, 0.3) is 5.91 Å². The third kappa shape index (κ3) is 4.53. The quantitative estimate of drug-likeness (QED) is 0.588. The van der Waals surface area contributed by atoms with E-state index in [0.717, 1.165) is 11.3 Å². The molecular formula is C20H15ClFNO3S. The number of alkyl halides is 1. The first-order valence-corrected chi connectivity index (χ1v) is 9.31. The maximum atomic E-state index is 14.3. The van der Waals surface area contributed by atoms with E-state index in [4.69, 9.17) is 11.6 Å². The van der Waals surface area contributed by atoms with E-state index in [1.807, 2.05) is 0 Å². The van der Waals surface area contributed by atoms with Crippen molar-refractivity contribution in [2.45, 2.75) is 12.6 Å². The number of anilines is 1. The average Bonchev–Trinajstić information content (AvgIpc) is 3.07. The Balaban J connectivity index is 1.81. The lowest BCUT2D eigenvalue weighted by molar-refractivity contribution is -0.120. The molecule has 0 aliphatic rings. The van der Waals surface area contributed by atoms with E-state index in [1.165, 1.54) is 5.38 Å². The first-order valence-electron chi connectivity index (χ1n) is 8.05. The molecule has 4 nitrogen and oxygen atoms in total. The summed E-state index contributed by atoms with van der Waals surface area (Å²) in [5, 5.41) is 14.0. The number of halogens is 2. The van der Waals surface area contributed by atoms with Crippen LogP contribution in [0.4, 0.5) is 10.1 Å². The highest BCUT2D eigenvalue weighted by atomic mass is 35.5. The molecule has 3 aromatic rings. The summed E-state index contributed by atoms with van der Waals surface area (Å²) >= 11 is 7.03. The van der Waals surface area contributed by atoms with Crippen molar-refractivity contribution in [2.75, 3.05) is 5.32 Å². The van der Waals surface area contributed by atoms with Gasteiger partial charge in [0, 0.05) is 16.8 Å². The Morgan fingerprint density at radius 3 is 2.41 bits per heavy atom. The van der Waals surface area contributed by atoms with Crippen LogP contribution in [0.3, 0.4) is 0 Å². The van der Waals surface area contributed by atoms with Crippen molar-refractivity contribution in [1.82, 2.24) is 0 Å². The van der Waals surface area contributed by atoms with Crippen LogP contribution in [0.2, 0.25) is 5.02 Å². The highest BCUT2D eigenvalue weighted by Crippen LogP contribution is 2.36. The van der Waals surface area contributed by atoms with E-state index in [1.54, 1.807) is 54.6 Å². The van der Waals surface area contributed by atoms with Gasteiger partial charge in [-0.15, -0.1) is 11.3 Å². The van der Waals surface area contributed by atoms with Gasteiger partial charge in [0.15, 0.2) is 6.17 Å². The van der Waals surface area contributed by atoms with Crippen LogP contribution in [0, 0.1) is 0 Å². The number of benzene rings is 2. The largest absolute Gasteiger partial charge is 0.478 e. The zero-order valence-corrected chi connectivity index (χ0v) is 15.6. The molecule has 27 heavy (non-hydrogen) atoms. The predicted molar refractivity (Wildman–Crippen MR) is 105 cm³/mol. The monoisotopic (exact) mass is 403 g/mol. The van der Waals surface area contributed by atoms with Gasteiger partial charge in [-0.05, 0) is 23.3 Å². The molecule has 0 bridgehead atoms. The van der Waals surface area contributed by atoms with Gasteiger partial charge in [-0.1, -0.05) is 54.1 Å². The summed E-state index contributed by atoms with van der Waals surface area (Å²) < 4.78 is 14.3. The van der Waals surface area contributed by atoms with Crippen LogP contribution in [0.15, 0.2) is 60.0 Å². The Morgan fingerprint density at radius 1 is 1.11 bits per heavy atom. The lowest BCUT2D eigenvalue weighted by Crippen LogP contribution is -2.26. The van der Waals surface area contributed by atoms with Crippen molar-refractivity contribution in [3.8, 4) is 10.4 Å². The van der Waals surface area contributed by atoms with Crippen molar-refractivity contribution in [3.63, 3.8) is 0 Å². The van der Waals surface area contributed by atoms with Gasteiger partial charge >= 0.3 is 5.97 Å². The Bertz CT molecular complexity index is 957. The van der Waals surface area contributed by atoms with E-state index in [2.05, 4.69) is 5.32 Å². The second kappa shape index (κ2) is 8.33. The zero-order valence-electron chi connectivity index (χ0n) is 14.0. The normalized spacial score (nSPS) is 11.8. The van der Waals surface area contributed by atoms with Crippen LogP contribution in [-0.2, 0) is 11.2 Å². The molecule has 0 saturated carbocycles. The molecule has 1 unspecified atom stereocenters. The smallest absolute Gasteiger partial charge is 0.339 e. The average molecular weight is 404 g/mol. The number of thiophene rings is 1. The number of hydrogen-bond donors (Lipinski definition) is 2. The summed E-state index contributed by atoms with van der Waals surface area (Å²) in [6, 6.07) is 15.5. The molecule has 1 aromatic heterocycles. The molecule has 1 heterocycles. The molecule has 1 amide bonds. The van der Waals surface area contributed by atoms with Gasteiger partial charge in [0.1, 0.15) is 5.56 Å². The minimum atomic E-state index is -1.78. The topological polar surface area (TPSA) is 66.4 Å². The lowest BCUT2D eigenvalue weighted by atomic mass is 10.1. The molecule has 2 aromatic carbocycles. The van der Waals surface area contributed by atoms with Crippen LogP contribution < -0.4 is 5.32 Å². The fourth-order valence-corrected chi connectivity index (χ4v) is 3.73. The maximum Gasteiger partial charge on any atom is 0.339 e. The highest BCUT2D eigenvalue weighted by molar-refractivity contribution is 7.14. The molecule has 0 saturated heterocycles. The summed E-state index contributed by atoms with van der Waals surface area (Å²) in [5.74, 6) is -2.07. The Morgan fingerprint density at radius 2 is 1.78 bits per heavy atom. The summed E-state index contributed by atoms with van der Waals surface area (Å²) in [6.07, 6.45) is -1.86. The Labute approximate surface area is 164 Å². The molecule has 0 aliphatic heterocycles. The van der Waals surface area contributed by atoms with Gasteiger partial charge < -0.3 is 10.4 Å². The number of carbonyl (C=O) groups excluding carboxylic acids is 1. The SMILES string of the molecule is O=C(O)c1c(NC(=O)C(F)Cc2ccccc2)csc1-c1ccc(Cl)cc1. The number of nitrogens with one attached hydrogen (secondary N) is 1. The van der Waals surface area contributed by atoms with Gasteiger partial charge in [-0.3, -0.25) is 4.79 Å². The fraction of sp³-hybridized carbons (Fsp3) is 0.100. The molecule has 138 valence electrons. The minimum Gasteiger partial charge on any atom is -0.478 e. The highest BCUT2D eigenvalue weighted by Gasteiger charge is 2.24. The van der Waals surface area contributed by atoms with Crippen molar-refractivity contribution < 1.29 is 19.1 Å². The van der Waals surface area contributed by atoms with E-state index in [0.29, 0.717) is 21.0 Å². The third-order valence-corrected chi connectivity index (χ3v) is 5.19. The standard InChI is InChI=1S/C20H15ClFNO3S/c21-14-8-6-13(7-9-14)18-17(20(25)26)16(11-27-18)23-19(24)15(22)10-12-4-2-1-3-5-12/h1-9,11,15H,10H2,(H,23,24)(H,25,26). The van der Waals surface area contributed by atoms with Gasteiger partial charge in [0.2, 0.25) is 0 Å². The second-order valence-electron chi connectivity index (χ2n) is 5.81. The molecule has 0 fully saturated rings. The summed E-state index contributed by atoms with van der Waals surface area (Å²) in [5.41, 5.74) is 1.36. The second-order valence-corrected chi connectivity index (χ2v) is 7.13. The Kier molecular flexibility index (Phi) is 5.88. The molecule has 7 heteroatoms. The predicted octanol–water partition coefficient (Wildman–Crippen LogP) is 5.29. The lowest BCUT2D eigenvalue weighted by Gasteiger charge is -2.10. The number of rotatable bonds is 6. The van der Waals surface area contributed by atoms with Crippen LogP contribution in [0.1, 0.15) is 15.9 Å². The number of carbonyl (C=O) groups is 2. The van der Waals surface area contributed by atoms with E-state index in [-0.39, 0.29) is 17.7 Å². The van der Waals surface area contributed by atoms with Crippen molar-refractivity contribution in [2.24, 2.45) is 0 Å². The zero-order chi connectivity index (χ0) is 19.4. The first kappa shape index (κ1) is 19.1. The molecule has 0 aliphatic carbocycles. The van der Waals surface area contributed by atoms with Crippen LogP contribution >= 0.6 is 22.9 Å². The van der Waals surface area contributed by atoms with Gasteiger partial charge in [-0.25, -0.2) is 9.18 Å². The van der Waals surface area contributed by atoms with E-state index < -0.39 is 18.0 Å². The van der Waals surface area contributed by atoms with Gasteiger partial charge in [-0.2, -0.15) is 0 Å².